The van der Waals surface area contributed by atoms with Gasteiger partial charge in [-0.05, 0) is 24.6 Å². The van der Waals surface area contributed by atoms with Crippen LogP contribution in [-0.4, -0.2) is 20.6 Å². The van der Waals surface area contributed by atoms with Gasteiger partial charge in [0.25, 0.3) is 5.69 Å². The van der Waals surface area contributed by atoms with E-state index in [1.165, 1.54) is 12.1 Å². The van der Waals surface area contributed by atoms with Gasteiger partial charge in [-0.2, -0.15) is 5.10 Å². The third-order valence-electron chi connectivity index (χ3n) is 3.56. The zero-order chi connectivity index (χ0) is 18.5. The Balaban J connectivity index is 1.81. The van der Waals surface area contributed by atoms with Crippen LogP contribution >= 0.6 is 11.6 Å². The number of benzene rings is 2. The number of rotatable bonds is 5. The molecule has 0 radical (unpaired) electrons. The lowest BCUT2D eigenvalue weighted by Gasteiger charge is -2.06. The minimum absolute atomic E-state index is 0.0320. The fourth-order valence-corrected chi connectivity index (χ4v) is 2.40. The number of non-ortho nitro benzene ring substituents is 1. The number of hydrazone groups is 1. The Bertz CT molecular complexity index is 959. The van der Waals surface area contributed by atoms with Crippen LogP contribution < -0.4 is 5.43 Å². The minimum atomic E-state index is -0.442. The minimum Gasteiger partial charge on any atom is -0.261 e. The molecular weight excluding hydrogens is 354 g/mol. The fourth-order valence-electron chi connectivity index (χ4n) is 2.22. The second kappa shape index (κ2) is 7.71. The molecule has 1 heterocycles. The highest BCUT2D eigenvalue weighted by Crippen LogP contribution is 2.20. The van der Waals surface area contributed by atoms with E-state index in [1.54, 1.807) is 25.1 Å². The molecular formula is C18H14ClN5O2. The van der Waals surface area contributed by atoms with Crippen LogP contribution in [0.4, 0.5) is 11.5 Å². The number of nitrogens with one attached hydrogen (secondary N) is 1. The van der Waals surface area contributed by atoms with E-state index in [0.29, 0.717) is 22.5 Å². The number of hydrogen-bond acceptors (Lipinski definition) is 6. The lowest BCUT2D eigenvalue weighted by molar-refractivity contribution is -0.384. The summed E-state index contributed by atoms with van der Waals surface area (Å²) >= 11 is 6.08. The Labute approximate surface area is 154 Å². The summed E-state index contributed by atoms with van der Waals surface area (Å²) in [5, 5.41) is 15.3. The zero-order valence-corrected chi connectivity index (χ0v) is 14.5. The molecule has 8 heteroatoms. The van der Waals surface area contributed by atoms with Crippen molar-refractivity contribution in [3.63, 3.8) is 0 Å². The maximum absolute atomic E-state index is 10.7. The summed E-state index contributed by atoms with van der Waals surface area (Å²) in [6, 6.07) is 17.2. The van der Waals surface area contributed by atoms with E-state index in [4.69, 9.17) is 11.6 Å². The number of hydrogen-bond donors (Lipinski definition) is 1. The van der Waals surface area contributed by atoms with Gasteiger partial charge in [0.2, 0.25) is 0 Å². The van der Waals surface area contributed by atoms with Gasteiger partial charge in [-0.1, -0.05) is 41.9 Å². The van der Waals surface area contributed by atoms with Gasteiger partial charge in [0, 0.05) is 23.8 Å². The quantitative estimate of drug-likeness (QED) is 0.309. The molecule has 0 spiro atoms. The van der Waals surface area contributed by atoms with E-state index in [1.807, 2.05) is 30.3 Å². The number of nitro groups is 1. The highest BCUT2D eigenvalue weighted by atomic mass is 35.5. The summed E-state index contributed by atoms with van der Waals surface area (Å²) in [5.41, 5.74) is 5.13. The van der Waals surface area contributed by atoms with Gasteiger partial charge in [0.1, 0.15) is 5.15 Å². The van der Waals surface area contributed by atoms with Crippen LogP contribution in [-0.2, 0) is 0 Å². The number of aromatic nitrogens is 2. The molecule has 1 aromatic heterocycles. The lowest BCUT2D eigenvalue weighted by atomic mass is 10.1. The molecule has 0 unspecified atom stereocenters. The van der Waals surface area contributed by atoms with Gasteiger partial charge in [-0.25, -0.2) is 9.97 Å². The van der Waals surface area contributed by atoms with Crippen LogP contribution in [0, 0.1) is 10.1 Å². The van der Waals surface area contributed by atoms with E-state index < -0.39 is 4.92 Å². The van der Waals surface area contributed by atoms with Crippen LogP contribution in [0.15, 0.2) is 65.8 Å². The third-order valence-corrected chi connectivity index (χ3v) is 3.75. The average molecular weight is 368 g/mol. The zero-order valence-electron chi connectivity index (χ0n) is 13.8. The highest BCUT2D eigenvalue weighted by Gasteiger charge is 2.07. The first-order chi connectivity index (χ1) is 12.5. The van der Waals surface area contributed by atoms with Crippen molar-refractivity contribution in [2.75, 3.05) is 5.43 Å². The molecule has 0 bridgehead atoms. The van der Waals surface area contributed by atoms with Crippen molar-refractivity contribution in [3.8, 4) is 11.4 Å². The van der Waals surface area contributed by atoms with Gasteiger partial charge in [0.15, 0.2) is 11.6 Å². The maximum atomic E-state index is 10.7. The molecule has 0 aliphatic carbocycles. The van der Waals surface area contributed by atoms with Gasteiger partial charge < -0.3 is 0 Å². The van der Waals surface area contributed by atoms with Crippen LogP contribution in [0.5, 0.6) is 0 Å². The van der Waals surface area contributed by atoms with Crippen molar-refractivity contribution < 1.29 is 4.92 Å². The molecule has 0 aliphatic rings. The number of halogens is 1. The highest BCUT2D eigenvalue weighted by molar-refractivity contribution is 6.29. The van der Waals surface area contributed by atoms with E-state index in [0.717, 1.165) is 11.1 Å². The Morgan fingerprint density at radius 1 is 1.12 bits per heavy atom. The molecule has 0 fully saturated rings. The van der Waals surface area contributed by atoms with Gasteiger partial charge in [-0.15, -0.1) is 0 Å². The predicted molar refractivity (Wildman–Crippen MR) is 101 cm³/mol. The summed E-state index contributed by atoms with van der Waals surface area (Å²) < 4.78 is 0. The Kier molecular flexibility index (Phi) is 5.19. The molecule has 26 heavy (non-hydrogen) atoms. The average Bonchev–Trinajstić information content (AvgIpc) is 2.66. The normalized spacial score (nSPS) is 11.2. The van der Waals surface area contributed by atoms with Gasteiger partial charge >= 0.3 is 0 Å². The van der Waals surface area contributed by atoms with Crippen molar-refractivity contribution in [2.24, 2.45) is 5.10 Å². The van der Waals surface area contributed by atoms with E-state index in [-0.39, 0.29) is 5.69 Å². The molecule has 0 amide bonds. The largest absolute Gasteiger partial charge is 0.269 e. The van der Waals surface area contributed by atoms with Crippen LogP contribution in [0.25, 0.3) is 11.4 Å². The first-order valence-electron chi connectivity index (χ1n) is 7.68. The molecule has 7 nitrogen and oxygen atoms in total. The fraction of sp³-hybridized carbons (Fsp3) is 0.0556. The molecule has 130 valence electrons. The Morgan fingerprint density at radius 2 is 1.81 bits per heavy atom. The van der Waals surface area contributed by atoms with E-state index in [2.05, 4.69) is 20.5 Å². The second-order valence-corrected chi connectivity index (χ2v) is 5.77. The summed E-state index contributed by atoms with van der Waals surface area (Å²) in [7, 11) is 0. The summed E-state index contributed by atoms with van der Waals surface area (Å²) in [5.74, 6) is 0.939. The van der Waals surface area contributed by atoms with Crippen molar-refractivity contribution in [3.05, 3.63) is 81.5 Å². The molecule has 3 aromatic rings. The molecule has 2 aromatic carbocycles. The second-order valence-electron chi connectivity index (χ2n) is 5.38. The molecule has 0 atom stereocenters. The van der Waals surface area contributed by atoms with Crippen molar-refractivity contribution in [1.82, 2.24) is 9.97 Å². The first kappa shape index (κ1) is 17.5. The third kappa shape index (κ3) is 4.20. The first-order valence-corrected chi connectivity index (χ1v) is 8.06. The maximum Gasteiger partial charge on any atom is 0.269 e. The molecule has 1 N–H and O–H groups in total. The molecule has 0 saturated carbocycles. The topological polar surface area (TPSA) is 93.3 Å². The standard InChI is InChI=1S/C18H14ClN5O2/c1-12(13-7-9-15(10-8-13)24(25)26)22-23-17-11-16(19)20-18(21-17)14-5-3-2-4-6-14/h2-11H,1H3,(H,20,21,23). The van der Waals surface area contributed by atoms with E-state index in [9.17, 15) is 10.1 Å². The van der Waals surface area contributed by atoms with Crippen LogP contribution in [0.1, 0.15) is 12.5 Å². The Hall–Kier alpha value is -3.32. The number of anilines is 1. The van der Waals surface area contributed by atoms with Crippen LogP contribution in [0.2, 0.25) is 5.15 Å². The summed E-state index contributed by atoms with van der Waals surface area (Å²) in [6.45, 7) is 1.79. The molecule has 3 rings (SSSR count). The van der Waals surface area contributed by atoms with Crippen molar-refractivity contribution in [1.29, 1.82) is 0 Å². The summed E-state index contributed by atoms with van der Waals surface area (Å²) in [4.78, 5) is 18.9. The SMILES string of the molecule is CC(=NNc1cc(Cl)nc(-c2ccccc2)n1)c1ccc([N+](=O)[O-])cc1. The monoisotopic (exact) mass is 367 g/mol. The summed E-state index contributed by atoms with van der Waals surface area (Å²) in [6.07, 6.45) is 0. The van der Waals surface area contributed by atoms with Gasteiger partial charge in [0.05, 0.1) is 10.6 Å². The molecule has 0 aliphatic heterocycles. The van der Waals surface area contributed by atoms with Gasteiger partial charge in [-0.3, -0.25) is 15.5 Å². The van der Waals surface area contributed by atoms with Crippen LogP contribution in [0.3, 0.4) is 0 Å². The van der Waals surface area contributed by atoms with E-state index >= 15 is 0 Å². The Morgan fingerprint density at radius 3 is 2.46 bits per heavy atom. The van der Waals surface area contributed by atoms with Crippen molar-refractivity contribution in [2.45, 2.75) is 6.92 Å². The number of nitrogens with zero attached hydrogens (tertiary/aromatic N) is 4. The predicted octanol–water partition coefficient (Wildman–Crippen LogP) is 4.54. The number of nitro benzene ring substituents is 1. The lowest BCUT2D eigenvalue weighted by Crippen LogP contribution is -2.02. The van der Waals surface area contributed by atoms with Crippen molar-refractivity contribution >= 4 is 28.8 Å². The smallest absolute Gasteiger partial charge is 0.261 e. The molecule has 0 saturated heterocycles.